The predicted molar refractivity (Wildman–Crippen MR) is 179 cm³/mol. The summed E-state index contributed by atoms with van der Waals surface area (Å²) in [4.78, 5) is 58.7. The maximum Gasteiger partial charge on any atom is 0.333 e. The molecule has 0 saturated heterocycles. The van der Waals surface area contributed by atoms with E-state index >= 15 is 0 Å². The summed E-state index contributed by atoms with van der Waals surface area (Å²) in [7, 11) is 0. The van der Waals surface area contributed by atoms with E-state index in [-0.39, 0.29) is 62.2 Å². The molecule has 8 rings (SSSR count). The van der Waals surface area contributed by atoms with Crippen LogP contribution < -0.4 is 0 Å². The van der Waals surface area contributed by atoms with E-state index in [1.165, 1.54) is 64.2 Å². The monoisotopic (exact) mass is 684 g/mol. The molecule has 8 aliphatic rings. The second-order valence-corrected chi connectivity index (χ2v) is 16.2. The molecule has 0 heterocycles. The molecule has 8 saturated carbocycles. The van der Waals surface area contributed by atoms with Crippen LogP contribution in [0, 0.1) is 47.3 Å². The highest BCUT2D eigenvalue weighted by Gasteiger charge is 2.58. The van der Waals surface area contributed by atoms with Crippen molar-refractivity contribution in [2.75, 3.05) is 19.8 Å². The molecule has 0 aromatic heterocycles. The Morgan fingerprint density at radius 1 is 0.490 bits per heavy atom. The largest absolute Gasteiger partial charge is 0.462 e. The van der Waals surface area contributed by atoms with E-state index in [2.05, 4.69) is 27.0 Å². The summed E-state index contributed by atoms with van der Waals surface area (Å²) in [6.45, 7) is 14.4. The van der Waals surface area contributed by atoms with Gasteiger partial charge in [-0.2, -0.15) is 0 Å². The van der Waals surface area contributed by atoms with Crippen LogP contribution in [0.5, 0.6) is 0 Å². The summed E-state index contributed by atoms with van der Waals surface area (Å²) < 4.78 is 26.6. The average molecular weight is 685 g/mol. The molecule has 0 atom stereocenters. The van der Waals surface area contributed by atoms with Crippen molar-refractivity contribution in [3.8, 4) is 0 Å². The first-order valence-corrected chi connectivity index (χ1v) is 18.4. The zero-order valence-corrected chi connectivity index (χ0v) is 29.9. The minimum absolute atomic E-state index is 0.0201. The second-order valence-electron chi connectivity index (χ2n) is 16.2. The first kappa shape index (κ1) is 37.1. The Labute approximate surface area is 291 Å². The fraction of sp³-hybridized carbons (Fsp3) is 0.769. The summed E-state index contributed by atoms with van der Waals surface area (Å²) in [5, 5.41) is 0. The number of carbonyl (C=O) groups is 5. The lowest BCUT2D eigenvalue weighted by Crippen LogP contribution is -2.58. The molecule has 0 spiro atoms. The van der Waals surface area contributed by atoms with Crippen LogP contribution in [0.25, 0.3) is 0 Å². The van der Waals surface area contributed by atoms with E-state index in [0.29, 0.717) is 34.8 Å². The highest BCUT2D eigenvalue weighted by Crippen LogP contribution is 2.60. The summed E-state index contributed by atoms with van der Waals surface area (Å²) in [6, 6.07) is 0. The predicted octanol–water partition coefficient (Wildman–Crippen LogP) is 6.44. The van der Waals surface area contributed by atoms with Crippen LogP contribution in [-0.4, -0.2) is 60.9 Å². The van der Waals surface area contributed by atoms with Gasteiger partial charge in [-0.15, -0.1) is 0 Å². The van der Waals surface area contributed by atoms with Gasteiger partial charge in [-0.1, -0.05) is 13.2 Å². The third-order valence-corrected chi connectivity index (χ3v) is 12.5. The van der Waals surface area contributed by atoms with Crippen LogP contribution in [-0.2, 0) is 47.7 Å². The Balaban J connectivity index is 0.000000195. The van der Waals surface area contributed by atoms with Gasteiger partial charge in [0.25, 0.3) is 0 Å². The number of rotatable bonds is 13. The van der Waals surface area contributed by atoms with Crippen LogP contribution in [0.15, 0.2) is 24.3 Å². The molecule has 0 aromatic rings. The fourth-order valence-corrected chi connectivity index (χ4v) is 10.2. The SMILES string of the molecule is C=C(C)C(=O)OCCC(=O)OC1(C)C2CC3CC(C2)CC1C3.C=C(C)C(=O)OCCOC(=O)CCC(=O)OC1(C)C2CC3CC(C2)CC1C3. The van der Waals surface area contributed by atoms with Gasteiger partial charge in [-0.25, -0.2) is 9.59 Å². The first-order chi connectivity index (χ1) is 23.2. The summed E-state index contributed by atoms with van der Waals surface area (Å²) in [5.41, 5.74) is -0.0303. The molecular weight excluding hydrogens is 628 g/mol. The van der Waals surface area contributed by atoms with Gasteiger partial charge in [-0.3, -0.25) is 14.4 Å². The lowest BCUT2D eigenvalue weighted by atomic mass is 9.50. The number of hydrogen-bond acceptors (Lipinski definition) is 10. The molecule has 8 fully saturated rings. The molecule has 10 heteroatoms. The second kappa shape index (κ2) is 15.4. The van der Waals surface area contributed by atoms with Gasteiger partial charge in [0.2, 0.25) is 0 Å². The van der Waals surface area contributed by atoms with Crippen molar-refractivity contribution in [2.24, 2.45) is 47.3 Å². The molecule has 0 N–H and O–H groups in total. The van der Waals surface area contributed by atoms with Gasteiger partial charge in [0, 0.05) is 11.1 Å². The molecule has 0 radical (unpaired) electrons. The number of esters is 5. The van der Waals surface area contributed by atoms with Crippen molar-refractivity contribution in [1.29, 1.82) is 0 Å². The van der Waals surface area contributed by atoms with Crippen LogP contribution >= 0.6 is 0 Å². The topological polar surface area (TPSA) is 132 Å². The Hall–Kier alpha value is -3.17. The average Bonchev–Trinajstić information content (AvgIpc) is 3.03. The quantitative estimate of drug-likeness (QED) is 0.0924. The van der Waals surface area contributed by atoms with Crippen molar-refractivity contribution in [3.05, 3.63) is 24.3 Å². The molecule has 0 unspecified atom stereocenters. The molecule has 0 amide bonds. The number of carbonyl (C=O) groups excluding carboxylic acids is 5. The zero-order valence-electron chi connectivity index (χ0n) is 29.9. The Kier molecular flexibility index (Phi) is 11.6. The van der Waals surface area contributed by atoms with Crippen molar-refractivity contribution in [2.45, 2.75) is 122 Å². The molecule has 8 bridgehead atoms. The minimum atomic E-state index is -0.515. The van der Waals surface area contributed by atoms with E-state index in [4.69, 9.17) is 23.7 Å². The van der Waals surface area contributed by atoms with Gasteiger partial charge in [0.1, 0.15) is 31.0 Å². The van der Waals surface area contributed by atoms with Gasteiger partial charge in [0.15, 0.2) is 0 Å². The molecule has 8 aliphatic carbocycles. The van der Waals surface area contributed by atoms with Crippen LogP contribution in [0.3, 0.4) is 0 Å². The molecule has 10 nitrogen and oxygen atoms in total. The summed E-state index contributed by atoms with van der Waals surface area (Å²) in [6.07, 6.45) is 12.4. The van der Waals surface area contributed by atoms with Crippen molar-refractivity contribution < 1.29 is 47.7 Å². The Bertz CT molecular complexity index is 1260. The molecule has 272 valence electrons. The number of ether oxygens (including phenoxy) is 5. The lowest BCUT2D eigenvalue weighted by molar-refractivity contribution is -0.204. The van der Waals surface area contributed by atoms with E-state index in [9.17, 15) is 24.0 Å². The zero-order chi connectivity index (χ0) is 35.5. The van der Waals surface area contributed by atoms with Crippen LogP contribution in [0.2, 0.25) is 0 Å². The Morgan fingerprint density at radius 2 is 0.816 bits per heavy atom. The summed E-state index contributed by atoms with van der Waals surface area (Å²) in [5.74, 6) is 3.27. The molecule has 49 heavy (non-hydrogen) atoms. The molecular formula is C39H56O10. The smallest absolute Gasteiger partial charge is 0.333 e. The first-order valence-electron chi connectivity index (χ1n) is 18.4. The number of hydrogen-bond donors (Lipinski definition) is 0. The third kappa shape index (κ3) is 8.77. The standard InChI is InChI=1S/C21H30O6.C18H26O4/c1-13(2)20(24)26-7-6-25-18(22)4-5-19(23)27-21(3)16-9-14-8-15(11-16)12-17(21)10-14;1-11(2)17(20)21-5-4-16(19)22-18(3)14-7-12-6-13(9-14)10-15(18)8-12/h14-17H,1,4-12H2,2-3H3;12-15H,1,4-10H2,2-3H3. The van der Waals surface area contributed by atoms with Gasteiger partial charge < -0.3 is 23.7 Å². The van der Waals surface area contributed by atoms with Crippen molar-refractivity contribution in [3.63, 3.8) is 0 Å². The Morgan fingerprint density at radius 3 is 1.20 bits per heavy atom. The van der Waals surface area contributed by atoms with E-state index in [1.54, 1.807) is 13.8 Å². The highest BCUT2D eigenvalue weighted by molar-refractivity contribution is 5.87. The minimum Gasteiger partial charge on any atom is -0.462 e. The fourth-order valence-electron chi connectivity index (χ4n) is 10.2. The highest BCUT2D eigenvalue weighted by atomic mass is 16.6. The maximum atomic E-state index is 12.3. The van der Waals surface area contributed by atoms with E-state index < -0.39 is 17.9 Å². The van der Waals surface area contributed by atoms with E-state index in [1.807, 2.05) is 0 Å². The van der Waals surface area contributed by atoms with Gasteiger partial charge in [0.05, 0.1) is 19.3 Å². The van der Waals surface area contributed by atoms with Crippen molar-refractivity contribution >= 4 is 29.8 Å². The maximum absolute atomic E-state index is 12.3. The summed E-state index contributed by atoms with van der Waals surface area (Å²) >= 11 is 0. The van der Waals surface area contributed by atoms with Crippen molar-refractivity contribution in [1.82, 2.24) is 0 Å². The van der Waals surface area contributed by atoms with Gasteiger partial charge >= 0.3 is 29.8 Å². The van der Waals surface area contributed by atoms with Gasteiger partial charge in [-0.05, 0) is 139 Å². The van der Waals surface area contributed by atoms with Crippen LogP contribution in [0.1, 0.15) is 111 Å². The lowest BCUT2D eigenvalue weighted by Gasteiger charge is -2.59. The normalized spacial score (nSPS) is 35.8. The third-order valence-electron chi connectivity index (χ3n) is 12.5. The van der Waals surface area contributed by atoms with Crippen LogP contribution in [0.4, 0.5) is 0 Å². The molecule has 0 aliphatic heterocycles. The van der Waals surface area contributed by atoms with E-state index in [0.717, 1.165) is 23.7 Å². The molecule has 0 aromatic carbocycles.